The molecular formula is C16H24N2O2. The number of hydrogen-bond donors (Lipinski definition) is 1. The van der Waals surface area contributed by atoms with Gasteiger partial charge in [-0.1, -0.05) is 0 Å². The van der Waals surface area contributed by atoms with Crippen LogP contribution in [-0.2, 0) is 4.79 Å². The molecule has 0 aromatic heterocycles. The maximum atomic E-state index is 12.5. The molecule has 0 spiro atoms. The van der Waals surface area contributed by atoms with Crippen LogP contribution < -0.4 is 15.4 Å². The largest absolute Gasteiger partial charge is 0.497 e. The minimum atomic E-state index is 0.143. The van der Waals surface area contributed by atoms with Crippen LogP contribution in [0.5, 0.6) is 5.75 Å². The van der Waals surface area contributed by atoms with Crippen molar-refractivity contribution in [3.63, 3.8) is 0 Å². The Kier molecular flexibility index (Phi) is 5.01. The summed E-state index contributed by atoms with van der Waals surface area (Å²) in [5.41, 5.74) is 6.61. The topological polar surface area (TPSA) is 55.6 Å². The average molecular weight is 276 g/mol. The van der Waals surface area contributed by atoms with Crippen LogP contribution in [0.25, 0.3) is 0 Å². The van der Waals surface area contributed by atoms with Crippen molar-refractivity contribution in [3.8, 4) is 5.75 Å². The molecule has 2 rings (SSSR count). The fourth-order valence-electron chi connectivity index (χ4n) is 2.85. The van der Waals surface area contributed by atoms with E-state index in [4.69, 9.17) is 10.5 Å². The molecule has 1 aliphatic rings. The minimum absolute atomic E-state index is 0.143. The molecule has 1 amide bonds. The van der Waals surface area contributed by atoms with Gasteiger partial charge in [-0.3, -0.25) is 4.79 Å². The summed E-state index contributed by atoms with van der Waals surface area (Å²) in [5, 5.41) is 0. The molecule has 1 aliphatic carbocycles. The van der Waals surface area contributed by atoms with Crippen LogP contribution in [-0.4, -0.2) is 26.6 Å². The molecule has 0 aliphatic heterocycles. The van der Waals surface area contributed by atoms with Crippen molar-refractivity contribution in [2.45, 2.75) is 25.7 Å². The number of hydrogen-bond acceptors (Lipinski definition) is 3. The molecule has 0 heterocycles. The monoisotopic (exact) mass is 276 g/mol. The fraction of sp³-hybridized carbons (Fsp3) is 0.562. The molecule has 0 unspecified atom stereocenters. The quantitative estimate of drug-likeness (QED) is 0.919. The maximum absolute atomic E-state index is 12.5. The molecule has 20 heavy (non-hydrogen) atoms. The predicted molar refractivity (Wildman–Crippen MR) is 80.9 cm³/mol. The molecule has 1 aromatic carbocycles. The van der Waals surface area contributed by atoms with Crippen LogP contribution in [0.3, 0.4) is 0 Å². The lowest BCUT2D eigenvalue weighted by molar-refractivity contribution is -0.123. The van der Waals surface area contributed by atoms with Crippen molar-refractivity contribution >= 4 is 11.6 Å². The summed E-state index contributed by atoms with van der Waals surface area (Å²) < 4.78 is 5.13. The summed E-state index contributed by atoms with van der Waals surface area (Å²) in [6, 6.07) is 7.60. The predicted octanol–water partition coefficient (Wildman–Crippen LogP) is 2.42. The zero-order valence-electron chi connectivity index (χ0n) is 12.3. The van der Waals surface area contributed by atoms with Crippen molar-refractivity contribution in [2.24, 2.45) is 17.6 Å². The van der Waals surface area contributed by atoms with Gasteiger partial charge >= 0.3 is 0 Å². The van der Waals surface area contributed by atoms with Crippen molar-refractivity contribution in [3.05, 3.63) is 24.3 Å². The summed E-state index contributed by atoms with van der Waals surface area (Å²) >= 11 is 0. The van der Waals surface area contributed by atoms with Gasteiger partial charge in [-0.2, -0.15) is 0 Å². The number of carbonyl (C=O) groups is 1. The molecule has 110 valence electrons. The second-order valence-corrected chi connectivity index (χ2v) is 5.55. The van der Waals surface area contributed by atoms with Gasteiger partial charge in [0.05, 0.1) is 7.11 Å². The lowest BCUT2D eigenvalue weighted by atomic mass is 9.81. The SMILES string of the molecule is COc1ccc(N(C)C(=O)C2CCC(CN)CC2)cc1. The Balaban J connectivity index is 1.97. The molecule has 1 saturated carbocycles. The second kappa shape index (κ2) is 6.75. The Morgan fingerprint density at radius 1 is 1.25 bits per heavy atom. The van der Waals surface area contributed by atoms with Crippen LogP contribution in [0.2, 0.25) is 0 Å². The van der Waals surface area contributed by atoms with Gasteiger partial charge in [0.1, 0.15) is 5.75 Å². The van der Waals surface area contributed by atoms with Gasteiger partial charge in [-0.25, -0.2) is 0 Å². The molecule has 4 nitrogen and oxygen atoms in total. The van der Waals surface area contributed by atoms with Crippen molar-refractivity contribution < 1.29 is 9.53 Å². The van der Waals surface area contributed by atoms with Gasteiger partial charge in [-0.05, 0) is 62.4 Å². The minimum Gasteiger partial charge on any atom is -0.497 e. The molecule has 2 N–H and O–H groups in total. The van der Waals surface area contributed by atoms with E-state index in [2.05, 4.69) is 0 Å². The van der Waals surface area contributed by atoms with E-state index in [9.17, 15) is 4.79 Å². The Bertz CT molecular complexity index is 436. The first-order valence-electron chi connectivity index (χ1n) is 7.27. The number of methoxy groups -OCH3 is 1. The number of nitrogens with two attached hydrogens (primary N) is 1. The highest BCUT2D eigenvalue weighted by Gasteiger charge is 2.28. The summed E-state index contributed by atoms with van der Waals surface area (Å²) in [4.78, 5) is 14.3. The highest BCUT2D eigenvalue weighted by molar-refractivity contribution is 5.94. The standard InChI is InChI=1S/C16H24N2O2/c1-18(14-7-9-15(20-2)10-8-14)16(19)13-5-3-12(11-17)4-6-13/h7-10,12-13H,3-6,11,17H2,1-2H3. The first-order valence-corrected chi connectivity index (χ1v) is 7.27. The van der Waals surface area contributed by atoms with Gasteiger partial charge in [0.25, 0.3) is 0 Å². The highest BCUT2D eigenvalue weighted by atomic mass is 16.5. The average Bonchev–Trinajstić information content (AvgIpc) is 2.53. The number of anilines is 1. The first kappa shape index (κ1) is 14.9. The lowest BCUT2D eigenvalue weighted by Crippen LogP contribution is -2.35. The van der Waals surface area contributed by atoms with Crippen LogP contribution in [0.15, 0.2) is 24.3 Å². The Morgan fingerprint density at radius 3 is 2.35 bits per heavy atom. The van der Waals surface area contributed by atoms with Gasteiger partial charge in [-0.15, -0.1) is 0 Å². The fourth-order valence-corrected chi connectivity index (χ4v) is 2.85. The van der Waals surface area contributed by atoms with Gasteiger partial charge in [0, 0.05) is 18.7 Å². The van der Waals surface area contributed by atoms with E-state index >= 15 is 0 Å². The summed E-state index contributed by atoms with van der Waals surface area (Å²) in [6.07, 6.45) is 4.06. The van der Waals surface area contributed by atoms with Crippen molar-refractivity contribution in [1.82, 2.24) is 0 Å². The Labute approximate surface area is 120 Å². The van der Waals surface area contributed by atoms with E-state index in [1.807, 2.05) is 31.3 Å². The first-order chi connectivity index (χ1) is 9.65. The van der Waals surface area contributed by atoms with Gasteiger partial charge < -0.3 is 15.4 Å². The molecule has 1 aromatic rings. The van der Waals surface area contributed by atoms with Gasteiger partial charge in [0.15, 0.2) is 0 Å². The number of ether oxygens (including phenoxy) is 1. The van der Waals surface area contributed by atoms with Gasteiger partial charge in [0.2, 0.25) is 5.91 Å². The van der Waals surface area contributed by atoms with E-state index in [1.165, 1.54) is 0 Å². The van der Waals surface area contributed by atoms with Crippen molar-refractivity contribution in [1.29, 1.82) is 0 Å². The third kappa shape index (κ3) is 3.31. The molecule has 4 heteroatoms. The number of benzene rings is 1. The number of carbonyl (C=O) groups excluding carboxylic acids is 1. The molecule has 0 radical (unpaired) electrons. The number of rotatable bonds is 4. The number of nitrogens with zero attached hydrogens (tertiary/aromatic N) is 1. The molecule has 0 atom stereocenters. The highest BCUT2D eigenvalue weighted by Crippen LogP contribution is 2.30. The molecule has 0 saturated heterocycles. The van der Waals surface area contributed by atoms with E-state index in [1.54, 1.807) is 12.0 Å². The van der Waals surface area contributed by atoms with E-state index in [0.29, 0.717) is 5.92 Å². The third-order valence-corrected chi connectivity index (χ3v) is 4.32. The van der Waals surface area contributed by atoms with Crippen LogP contribution in [0.4, 0.5) is 5.69 Å². The normalized spacial score (nSPS) is 22.4. The molecular weight excluding hydrogens is 252 g/mol. The summed E-state index contributed by atoms with van der Waals surface area (Å²) in [6.45, 7) is 0.745. The summed E-state index contributed by atoms with van der Waals surface area (Å²) in [5.74, 6) is 1.76. The van der Waals surface area contributed by atoms with E-state index in [-0.39, 0.29) is 11.8 Å². The zero-order valence-corrected chi connectivity index (χ0v) is 12.3. The van der Waals surface area contributed by atoms with E-state index in [0.717, 1.165) is 43.7 Å². The lowest BCUT2D eigenvalue weighted by Gasteiger charge is -2.30. The smallest absolute Gasteiger partial charge is 0.229 e. The Morgan fingerprint density at radius 2 is 1.85 bits per heavy atom. The molecule has 0 bridgehead atoms. The van der Waals surface area contributed by atoms with Crippen LogP contribution >= 0.6 is 0 Å². The Hall–Kier alpha value is -1.55. The van der Waals surface area contributed by atoms with Crippen LogP contribution in [0.1, 0.15) is 25.7 Å². The van der Waals surface area contributed by atoms with Crippen molar-refractivity contribution in [2.75, 3.05) is 25.6 Å². The summed E-state index contributed by atoms with van der Waals surface area (Å²) in [7, 11) is 3.49. The second-order valence-electron chi connectivity index (χ2n) is 5.55. The zero-order chi connectivity index (χ0) is 14.5. The van der Waals surface area contributed by atoms with Crippen LogP contribution in [0, 0.1) is 11.8 Å². The number of amides is 1. The van der Waals surface area contributed by atoms with E-state index < -0.39 is 0 Å². The maximum Gasteiger partial charge on any atom is 0.229 e. The molecule has 1 fully saturated rings. The third-order valence-electron chi connectivity index (χ3n) is 4.32.